The van der Waals surface area contributed by atoms with Gasteiger partial charge in [-0.1, -0.05) is 0 Å². The van der Waals surface area contributed by atoms with E-state index in [1.165, 1.54) is 0 Å². The lowest BCUT2D eigenvalue weighted by atomic mass is 10.0. The fourth-order valence-electron chi connectivity index (χ4n) is 0.560. The Morgan fingerprint density at radius 1 is 1.62 bits per heavy atom. The van der Waals surface area contributed by atoms with Crippen molar-refractivity contribution in [3.63, 3.8) is 0 Å². The van der Waals surface area contributed by atoms with E-state index in [4.69, 9.17) is 5.26 Å². The van der Waals surface area contributed by atoms with Gasteiger partial charge in [-0.25, -0.2) is 0 Å². The van der Waals surface area contributed by atoms with Crippen molar-refractivity contribution in [2.75, 3.05) is 7.11 Å². The molecule has 0 amide bonds. The number of carbonyl (C=O) groups excluding carboxylic acids is 1. The van der Waals surface area contributed by atoms with Crippen LogP contribution in [-0.4, -0.2) is 25.4 Å². The normalized spacial score (nSPS) is 15.7. The Hall–Kier alpha value is -1.29. The third-order valence-electron chi connectivity index (χ3n) is 1.22. The summed E-state index contributed by atoms with van der Waals surface area (Å²) in [5.74, 6) is -3.81. The maximum atomic E-state index is 11.7. The van der Waals surface area contributed by atoms with Crippen LogP contribution in [0.1, 0.15) is 0 Å². The van der Waals surface area contributed by atoms with Crippen molar-refractivity contribution >= 4 is 5.97 Å². The highest BCUT2D eigenvalue weighted by molar-refractivity contribution is 5.75. The predicted octanol–water partition coefficient (Wildman–Crippen LogP) is -0.410. The molecule has 0 rings (SSSR count). The molecule has 0 aromatic carbocycles. The minimum absolute atomic E-state index is 0.801. The number of rotatable bonds is 2. The summed E-state index contributed by atoms with van der Waals surface area (Å²) in [5.41, 5.74) is 0. The molecule has 0 bridgehead atoms. The van der Waals surface area contributed by atoms with Crippen LogP contribution in [0.5, 0.6) is 0 Å². The maximum Gasteiger partial charge on any atom is 0.378 e. The molecule has 0 aliphatic rings. The van der Waals surface area contributed by atoms with Crippen molar-refractivity contribution in [3.8, 4) is 6.07 Å². The molecule has 0 aliphatic heterocycles. The van der Waals surface area contributed by atoms with E-state index in [1.807, 2.05) is 0 Å². The third kappa shape index (κ3) is 2.91. The molecule has 74 valence electrons. The third-order valence-corrected chi connectivity index (χ3v) is 1.22. The fourth-order valence-corrected chi connectivity index (χ4v) is 0.560. The first-order chi connectivity index (χ1) is 5.84. The lowest BCUT2D eigenvalue weighted by Crippen LogP contribution is -2.49. The summed E-state index contributed by atoms with van der Waals surface area (Å²) in [6.07, 6.45) is -8.38. The minimum Gasteiger partial charge on any atom is -0.844 e. The average molecular weight is 196 g/mol. The zero-order valence-corrected chi connectivity index (χ0v) is 6.46. The average Bonchev–Trinajstić information content (AvgIpc) is 2.03. The van der Waals surface area contributed by atoms with Crippen molar-refractivity contribution in [3.05, 3.63) is 0 Å². The molecule has 0 aromatic rings. The highest BCUT2D eigenvalue weighted by atomic mass is 19.4. The second kappa shape index (κ2) is 4.09. The van der Waals surface area contributed by atoms with E-state index in [0.717, 1.165) is 13.2 Å². The van der Waals surface area contributed by atoms with Gasteiger partial charge in [-0.15, -0.1) is 0 Å². The lowest BCUT2D eigenvalue weighted by molar-refractivity contribution is -0.486. The van der Waals surface area contributed by atoms with Gasteiger partial charge in [0.1, 0.15) is 5.92 Å². The number of esters is 1. The van der Waals surface area contributed by atoms with Crippen LogP contribution in [0.15, 0.2) is 0 Å². The van der Waals surface area contributed by atoms with Gasteiger partial charge in [-0.3, -0.25) is 4.79 Å². The smallest absolute Gasteiger partial charge is 0.378 e. The van der Waals surface area contributed by atoms with E-state index < -0.39 is 24.2 Å². The van der Waals surface area contributed by atoms with E-state index in [0.29, 0.717) is 0 Å². The second-order valence-electron chi connectivity index (χ2n) is 2.09. The molecule has 13 heavy (non-hydrogen) atoms. The number of carbonyl (C=O) groups is 1. The van der Waals surface area contributed by atoms with Crippen LogP contribution in [0.2, 0.25) is 0 Å². The summed E-state index contributed by atoms with van der Waals surface area (Å²) >= 11 is 0. The lowest BCUT2D eigenvalue weighted by Gasteiger charge is -2.27. The van der Waals surface area contributed by atoms with E-state index in [2.05, 4.69) is 4.74 Å². The molecule has 0 N–H and O–H groups in total. The molecule has 0 radical (unpaired) electrons. The van der Waals surface area contributed by atoms with Gasteiger partial charge < -0.3 is 9.84 Å². The Bertz CT molecular complexity index is 232. The molecular weight excluding hydrogens is 191 g/mol. The van der Waals surface area contributed by atoms with Gasteiger partial charge in [-0.05, 0) is 6.10 Å². The number of nitrogens with zero attached hydrogens (tertiary/aromatic N) is 1. The van der Waals surface area contributed by atoms with Gasteiger partial charge >= 0.3 is 12.1 Å². The summed E-state index contributed by atoms with van der Waals surface area (Å²) < 4.78 is 39.0. The Balaban J connectivity index is 4.63. The maximum absolute atomic E-state index is 11.7. The van der Waals surface area contributed by atoms with Crippen LogP contribution in [0.3, 0.4) is 0 Å². The molecule has 2 atom stereocenters. The molecule has 0 saturated carbocycles. The van der Waals surface area contributed by atoms with Crippen molar-refractivity contribution in [2.45, 2.75) is 12.3 Å². The Morgan fingerprint density at radius 3 is 2.31 bits per heavy atom. The fraction of sp³-hybridized carbons (Fsp3) is 0.667. The number of alkyl halides is 3. The summed E-state index contributed by atoms with van der Waals surface area (Å²) in [4.78, 5) is 10.5. The van der Waals surface area contributed by atoms with Gasteiger partial charge in [-0.2, -0.15) is 18.4 Å². The monoisotopic (exact) mass is 196 g/mol. The molecule has 0 aromatic heterocycles. The highest BCUT2D eigenvalue weighted by Gasteiger charge is 2.40. The number of hydrogen-bond acceptors (Lipinski definition) is 4. The van der Waals surface area contributed by atoms with Gasteiger partial charge in [0.25, 0.3) is 0 Å². The van der Waals surface area contributed by atoms with Crippen LogP contribution in [0.25, 0.3) is 0 Å². The summed E-state index contributed by atoms with van der Waals surface area (Å²) in [6, 6.07) is 0.952. The standard InChI is InChI=1S/C6H5F3NO3/c1-13-5(12)3(2-10)4(11)6(7,8)9/h3-4H,1H3/q-1. The zero-order valence-electron chi connectivity index (χ0n) is 6.46. The number of ether oxygens (including phenoxy) is 1. The van der Waals surface area contributed by atoms with Gasteiger partial charge in [0.2, 0.25) is 0 Å². The van der Waals surface area contributed by atoms with E-state index >= 15 is 0 Å². The zero-order chi connectivity index (χ0) is 10.6. The summed E-state index contributed by atoms with van der Waals surface area (Å²) in [7, 11) is 0.801. The molecule has 0 saturated heterocycles. The van der Waals surface area contributed by atoms with Crippen LogP contribution >= 0.6 is 0 Å². The molecule has 2 unspecified atom stereocenters. The first-order valence-electron chi connectivity index (χ1n) is 3.04. The van der Waals surface area contributed by atoms with Crippen LogP contribution in [0.4, 0.5) is 13.2 Å². The van der Waals surface area contributed by atoms with Crippen molar-refractivity contribution in [2.24, 2.45) is 5.92 Å². The Labute approximate surface area is 71.5 Å². The van der Waals surface area contributed by atoms with Crippen LogP contribution in [-0.2, 0) is 9.53 Å². The molecule has 7 heteroatoms. The van der Waals surface area contributed by atoms with Gasteiger partial charge in [0.05, 0.1) is 13.2 Å². The topological polar surface area (TPSA) is 73.2 Å². The Morgan fingerprint density at radius 2 is 2.08 bits per heavy atom. The molecule has 0 spiro atoms. The molecule has 0 fully saturated rings. The molecular formula is C6H5F3NO3-. The van der Waals surface area contributed by atoms with E-state index in [1.54, 1.807) is 0 Å². The minimum atomic E-state index is -5.12. The largest absolute Gasteiger partial charge is 0.844 e. The number of halogens is 3. The summed E-state index contributed by atoms with van der Waals surface area (Å²) in [6.45, 7) is 0. The van der Waals surface area contributed by atoms with Crippen molar-refractivity contribution < 1.29 is 27.8 Å². The quantitative estimate of drug-likeness (QED) is 0.563. The van der Waals surface area contributed by atoms with Crippen LogP contribution < -0.4 is 5.11 Å². The predicted molar refractivity (Wildman–Crippen MR) is 31.0 cm³/mol. The molecule has 0 aliphatic carbocycles. The van der Waals surface area contributed by atoms with E-state index in [9.17, 15) is 23.1 Å². The van der Waals surface area contributed by atoms with E-state index in [-0.39, 0.29) is 0 Å². The highest BCUT2D eigenvalue weighted by Crippen LogP contribution is 2.23. The van der Waals surface area contributed by atoms with Gasteiger partial charge in [0.15, 0.2) is 0 Å². The van der Waals surface area contributed by atoms with Gasteiger partial charge in [0, 0.05) is 0 Å². The van der Waals surface area contributed by atoms with Crippen molar-refractivity contribution in [1.82, 2.24) is 0 Å². The molecule has 0 heterocycles. The number of hydrogen-bond donors (Lipinski definition) is 0. The Kier molecular flexibility index (Phi) is 3.69. The summed E-state index contributed by atoms with van der Waals surface area (Å²) in [5, 5.41) is 18.5. The molecule has 4 nitrogen and oxygen atoms in total. The van der Waals surface area contributed by atoms with Crippen LogP contribution in [0, 0.1) is 17.2 Å². The SMILES string of the molecule is COC(=O)C(C#N)C([O-])C(F)(F)F. The van der Waals surface area contributed by atoms with Crippen molar-refractivity contribution in [1.29, 1.82) is 5.26 Å². The first-order valence-corrected chi connectivity index (χ1v) is 3.04. The number of methoxy groups -OCH3 is 1. The first kappa shape index (κ1) is 11.7. The number of nitriles is 1. The second-order valence-corrected chi connectivity index (χ2v) is 2.09.